The second-order valence-corrected chi connectivity index (χ2v) is 4.95. The molecule has 0 bridgehead atoms. The van der Waals surface area contributed by atoms with E-state index in [1.54, 1.807) is 23.1 Å². The number of nitrogens with one attached hydrogen (secondary N) is 1. The smallest absolute Gasteiger partial charge is 0.100 e. The Morgan fingerprint density at radius 2 is 2.47 bits per heavy atom. The van der Waals surface area contributed by atoms with Gasteiger partial charge in [-0.3, -0.25) is 0 Å². The molecule has 0 saturated heterocycles. The fourth-order valence-electron chi connectivity index (χ4n) is 1.02. The number of rotatable bonds is 6. The quantitative estimate of drug-likeness (QED) is 0.607. The van der Waals surface area contributed by atoms with Crippen molar-refractivity contribution in [3.63, 3.8) is 0 Å². The molecular formula is C11H12N2S2. The Morgan fingerprint density at radius 3 is 3.13 bits per heavy atom. The normalized spacial score (nSPS) is 9.47. The minimum absolute atomic E-state index is 0.749. The molecule has 0 aliphatic carbocycles. The predicted octanol–water partition coefficient (Wildman–Crippen LogP) is 2.08. The predicted molar refractivity (Wildman–Crippen MR) is 66.9 cm³/mol. The third-order valence-electron chi connectivity index (χ3n) is 1.69. The average molecular weight is 236 g/mol. The first-order chi connectivity index (χ1) is 7.36. The molecule has 1 N–H and O–H groups in total. The summed E-state index contributed by atoms with van der Waals surface area (Å²) in [5.74, 6) is 4.39. The molecule has 0 atom stereocenters. The number of thioether (sulfide) groups is 1. The highest BCUT2D eigenvalue weighted by Crippen LogP contribution is 2.13. The van der Waals surface area contributed by atoms with Crippen LogP contribution in [0.2, 0.25) is 0 Å². The van der Waals surface area contributed by atoms with Crippen molar-refractivity contribution in [1.29, 1.82) is 5.26 Å². The zero-order valence-electron chi connectivity index (χ0n) is 8.32. The maximum Gasteiger partial charge on any atom is 0.100 e. The molecule has 0 aliphatic heterocycles. The molecule has 0 spiro atoms. The van der Waals surface area contributed by atoms with E-state index >= 15 is 0 Å². The SMILES string of the molecule is C#CCSCCNCc1cc(C#N)cs1. The van der Waals surface area contributed by atoms with E-state index in [2.05, 4.69) is 17.3 Å². The third kappa shape index (κ3) is 4.90. The molecule has 0 unspecified atom stereocenters. The first kappa shape index (κ1) is 12.1. The second-order valence-electron chi connectivity index (χ2n) is 2.85. The van der Waals surface area contributed by atoms with Crippen molar-refractivity contribution in [3.8, 4) is 18.4 Å². The zero-order valence-corrected chi connectivity index (χ0v) is 9.96. The minimum Gasteiger partial charge on any atom is -0.311 e. The van der Waals surface area contributed by atoms with E-state index in [9.17, 15) is 0 Å². The summed E-state index contributed by atoms with van der Waals surface area (Å²) in [7, 11) is 0. The van der Waals surface area contributed by atoms with Crippen molar-refractivity contribution in [2.24, 2.45) is 0 Å². The van der Waals surface area contributed by atoms with Gasteiger partial charge < -0.3 is 5.32 Å². The van der Waals surface area contributed by atoms with Crippen molar-refractivity contribution in [2.75, 3.05) is 18.1 Å². The lowest BCUT2D eigenvalue weighted by Gasteiger charge is -2.00. The van der Waals surface area contributed by atoms with Gasteiger partial charge in [-0.15, -0.1) is 29.5 Å². The Hall–Kier alpha value is -0.940. The van der Waals surface area contributed by atoms with Crippen LogP contribution < -0.4 is 5.32 Å². The van der Waals surface area contributed by atoms with Gasteiger partial charge in [0.25, 0.3) is 0 Å². The Bertz CT molecular complexity index is 371. The molecule has 0 aliphatic rings. The lowest BCUT2D eigenvalue weighted by atomic mass is 10.3. The van der Waals surface area contributed by atoms with Gasteiger partial charge in [0.2, 0.25) is 0 Å². The molecule has 1 aromatic rings. The van der Waals surface area contributed by atoms with Crippen molar-refractivity contribution < 1.29 is 0 Å². The van der Waals surface area contributed by atoms with E-state index in [0.29, 0.717) is 0 Å². The monoisotopic (exact) mass is 236 g/mol. The van der Waals surface area contributed by atoms with E-state index in [1.165, 1.54) is 4.88 Å². The van der Waals surface area contributed by atoms with E-state index in [0.717, 1.165) is 30.2 Å². The summed E-state index contributed by atoms with van der Waals surface area (Å²) in [5, 5.41) is 13.8. The highest BCUT2D eigenvalue weighted by atomic mass is 32.2. The number of thiophene rings is 1. The Balaban J connectivity index is 2.11. The van der Waals surface area contributed by atoms with Gasteiger partial charge in [-0.2, -0.15) is 5.26 Å². The van der Waals surface area contributed by atoms with Crippen LogP contribution >= 0.6 is 23.1 Å². The number of hydrogen-bond acceptors (Lipinski definition) is 4. The molecule has 1 aromatic heterocycles. The molecule has 2 nitrogen and oxygen atoms in total. The first-order valence-electron chi connectivity index (χ1n) is 4.56. The van der Waals surface area contributed by atoms with Gasteiger partial charge in [0.15, 0.2) is 0 Å². The van der Waals surface area contributed by atoms with Gasteiger partial charge >= 0.3 is 0 Å². The number of hydrogen-bond donors (Lipinski definition) is 1. The van der Waals surface area contributed by atoms with Gasteiger partial charge in [-0.05, 0) is 6.07 Å². The summed E-state index contributed by atoms with van der Waals surface area (Å²) in [5.41, 5.74) is 0.749. The molecule has 78 valence electrons. The van der Waals surface area contributed by atoms with Gasteiger partial charge in [-0.25, -0.2) is 0 Å². The number of nitriles is 1. The van der Waals surface area contributed by atoms with Crippen LogP contribution in [0, 0.1) is 23.7 Å². The lowest BCUT2D eigenvalue weighted by molar-refractivity contribution is 0.741. The molecule has 1 heterocycles. The summed E-state index contributed by atoms with van der Waals surface area (Å²) < 4.78 is 0. The van der Waals surface area contributed by atoms with Crippen LogP contribution in [0.1, 0.15) is 10.4 Å². The third-order valence-corrected chi connectivity index (χ3v) is 3.49. The van der Waals surface area contributed by atoms with E-state index in [4.69, 9.17) is 11.7 Å². The van der Waals surface area contributed by atoms with E-state index < -0.39 is 0 Å². The second kappa shape index (κ2) is 7.36. The number of terminal acetylenes is 1. The molecule has 0 fully saturated rings. The fraction of sp³-hybridized carbons (Fsp3) is 0.364. The summed E-state index contributed by atoms with van der Waals surface area (Å²) in [6.07, 6.45) is 5.13. The Kier molecular flexibility index (Phi) is 5.96. The van der Waals surface area contributed by atoms with E-state index in [1.807, 2.05) is 11.4 Å². The summed E-state index contributed by atoms with van der Waals surface area (Å²) in [6.45, 7) is 1.79. The van der Waals surface area contributed by atoms with Crippen LogP contribution in [-0.4, -0.2) is 18.1 Å². The highest BCUT2D eigenvalue weighted by Gasteiger charge is 1.97. The Morgan fingerprint density at radius 1 is 1.60 bits per heavy atom. The largest absolute Gasteiger partial charge is 0.311 e. The standard InChI is InChI=1S/C11H12N2S2/c1-2-4-14-5-3-13-8-11-6-10(7-12)9-15-11/h1,6,9,13H,3-5,8H2. The first-order valence-corrected chi connectivity index (χ1v) is 6.59. The molecule has 1 rings (SSSR count). The van der Waals surface area contributed by atoms with Crippen LogP contribution in [0.3, 0.4) is 0 Å². The minimum atomic E-state index is 0.749. The number of nitrogens with zero attached hydrogens (tertiary/aromatic N) is 1. The van der Waals surface area contributed by atoms with Crippen molar-refractivity contribution in [3.05, 3.63) is 21.9 Å². The van der Waals surface area contributed by atoms with Crippen molar-refractivity contribution in [1.82, 2.24) is 5.32 Å². The molecule has 15 heavy (non-hydrogen) atoms. The molecule has 0 saturated carbocycles. The zero-order chi connectivity index (χ0) is 10.9. The van der Waals surface area contributed by atoms with E-state index in [-0.39, 0.29) is 0 Å². The van der Waals surface area contributed by atoms with Crippen molar-refractivity contribution in [2.45, 2.75) is 6.54 Å². The maximum atomic E-state index is 8.63. The fourth-order valence-corrected chi connectivity index (χ4v) is 2.35. The van der Waals surface area contributed by atoms with Crippen LogP contribution in [-0.2, 0) is 6.54 Å². The van der Waals surface area contributed by atoms with Gasteiger partial charge in [0.1, 0.15) is 6.07 Å². The maximum absolute atomic E-state index is 8.63. The van der Waals surface area contributed by atoms with Crippen LogP contribution in [0.4, 0.5) is 0 Å². The van der Waals surface area contributed by atoms with Gasteiger partial charge in [-0.1, -0.05) is 5.92 Å². The molecule has 4 heteroatoms. The Labute approximate surface area is 98.7 Å². The van der Waals surface area contributed by atoms with Gasteiger partial charge in [0, 0.05) is 29.1 Å². The van der Waals surface area contributed by atoms with Gasteiger partial charge in [0.05, 0.1) is 11.3 Å². The summed E-state index contributed by atoms with van der Waals surface area (Å²) >= 11 is 3.37. The molecule has 0 amide bonds. The van der Waals surface area contributed by atoms with Crippen LogP contribution in [0.5, 0.6) is 0 Å². The van der Waals surface area contributed by atoms with Crippen molar-refractivity contribution >= 4 is 23.1 Å². The highest BCUT2D eigenvalue weighted by molar-refractivity contribution is 7.99. The average Bonchev–Trinajstić information content (AvgIpc) is 2.71. The summed E-state index contributed by atoms with van der Waals surface area (Å²) in [4.78, 5) is 1.20. The summed E-state index contributed by atoms with van der Waals surface area (Å²) in [6, 6.07) is 4.04. The molecule has 0 radical (unpaired) electrons. The topological polar surface area (TPSA) is 35.8 Å². The van der Waals surface area contributed by atoms with Crippen LogP contribution in [0.15, 0.2) is 11.4 Å². The molecular weight excluding hydrogens is 224 g/mol. The van der Waals surface area contributed by atoms with Crippen LogP contribution in [0.25, 0.3) is 0 Å². The molecule has 0 aromatic carbocycles. The lowest BCUT2D eigenvalue weighted by Crippen LogP contribution is -2.15.